The summed E-state index contributed by atoms with van der Waals surface area (Å²) >= 11 is 0. The van der Waals surface area contributed by atoms with Crippen LogP contribution in [0.4, 0.5) is 0 Å². The van der Waals surface area contributed by atoms with E-state index in [9.17, 15) is 19.8 Å². The molecule has 8 aliphatic carbocycles. The highest BCUT2D eigenvalue weighted by Crippen LogP contribution is 2.71. The number of fused-ring (bicyclic) bond motifs is 2. The van der Waals surface area contributed by atoms with Crippen LogP contribution in [0.2, 0.25) is 19.6 Å². The van der Waals surface area contributed by atoms with Crippen molar-refractivity contribution in [3.8, 4) is 0 Å². The molecule has 0 aromatic rings. The van der Waals surface area contributed by atoms with Gasteiger partial charge in [-0.15, -0.1) is 0 Å². The predicted molar refractivity (Wildman–Crippen MR) is 283 cm³/mol. The Labute approximate surface area is 412 Å². The van der Waals surface area contributed by atoms with Crippen molar-refractivity contribution in [1.29, 1.82) is 0 Å². The van der Waals surface area contributed by atoms with Gasteiger partial charge in [-0.1, -0.05) is 70.6 Å². The molecule has 0 amide bonds. The second kappa shape index (κ2) is 21.9. The molecule has 2 unspecified atom stereocenters. The van der Waals surface area contributed by atoms with Gasteiger partial charge in [-0.25, -0.2) is 0 Å². The molecule has 8 aliphatic rings. The Morgan fingerprint density at radius 1 is 0.701 bits per heavy atom. The molecule has 8 fully saturated rings. The fourth-order valence-corrected chi connectivity index (χ4v) is 17.5. The summed E-state index contributed by atoms with van der Waals surface area (Å²) < 4.78 is 6.40. The minimum atomic E-state index is -1.48. The number of Topliss-reactive ketones (excluding diaryl/α,β-unsaturated/α-hetero) is 1. The first kappa shape index (κ1) is 54.5. The average molecular weight is 942 g/mol. The first-order valence-corrected chi connectivity index (χ1v) is 31.3. The van der Waals surface area contributed by atoms with Gasteiger partial charge < -0.3 is 19.4 Å². The smallest absolute Gasteiger partial charge is 0.184 e. The Kier molecular flexibility index (Phi) is 17.8. The van der Waals surface area contributed by atoms with E-state index in [4.69, 9.17) is 4.43 Å². The van der Waals surface area contributed by atoms with E-state index in [1.165, 1.54) is 139 Å². The largest absolute Gasteiger partial charge is 0.413 e. The van der Waals surface area contributed by atoms with Crippen LogP contribution in [-0.2, 0) is 14.0 Å². The number of allylic oxidation sites excluding steroid dienone is 6. The van der Waals surface area contributed by atoms with Crippen LogP contribution in [0.15, 0.2) is 59.3 Å². The quantitative estimate of drug-likeness (QED) is 0.126. The molecule has 8 atom stereocenters. The Hall–Kier alpha value is -1.86. The molecule has 67 heavy (non-hydrogen) atoms. The lowest BCUT2D eigenvalue weighted by Gasteiger charge is -2.45. The van der Waals surface area contributed by atoms with Gasteiger partial charge in [0, 0.05) is 18.8 Å². The van der Waals surface area contributed by atoms with Crippen molar-refractivity contribution in [3.05, 3.63) is 59.3 Å². The predicted octanol–water partition coefficient (Wildman–Crippen LogP) is 16.1. The fourth-order valence-electron chi connectivity index (χ4n) is 15.8. The monoisotopic (exact) mass is 941 g/mol. The van der Waals surface area contributed by atoms with E-state index in [2.05, 4.69) is 79.6 Å². The first-order valence-electron chi connectivity index (χ1n) is 27.9. The van der Waals surface area contributed by atoms with Gasteiger partial charge in [-0.05, 0) is 263 Å². The number of aliphatic hydroxyl groups is 2. The van der Waals surface area contributed by atoms with Gasteiger partial charge in [0.15, 0.2) is 8.32 Å². The molecule has 0 bridgehead atoms. The third-order valence-electron chi connectivity index (χ3n) is 19.4. The molecule has 8 rings (SSSR count). The van der Waals surface area contributed by atoms with Crippen LogP contribution in [0.5, 0.6) is 0 Å². The van der Waals surface area contributed by atoms with E-state index in [1.807, 2.05) is 19.9 Å². The number of carbonyl (C=O) groups is 2. The minimum Gasteiger partial charge on any atom is -0.413 e. The second-order valence-corrected chi connectivity index (χ2v) is 31.0. The number of hydrogen-bond donors (Lipinski definition) is 2. The summed E-state index contributed by atoms with van der Waals surface area (Å²) in [5.41, 5.74) is 7.83. The molecule has 0 aromatic heterocycles. The SMILES string of the molecule is C=C1/C(=C\C=C2/CCC[C@@]3(C)C2CC[C@@H]3C2(CCCC(C)(C)O)CC2)CCC[C@@H]1O.C=C1/C(=C\CC=O)CCC[C@@H]1C.CC(C)(CCCC1([C@H]2CCC3C(=O)CCC[C@@]32C)CC1)O[Si](C)(C)C. The van der Waals surface area contributed by atoms with Gasteiger partial charge in [0.2, 0.25) is 0 Å². The number of aliphatic hydroxyl groups excluding tert-OH is 1. The number of rotatable bonds is 15. The standard InChI is InChI=1S/C28H44O2.C22H40O2Si.C11H16O/c1-20-21(8-5-10-24(20)29)11-12-22-9-6-16-27(4)23(22)13-14-25(27)28(18-19-28)17-7-15-26(2,3)30;1-20(2,24-25(4,5)6)12-8-14-22(15-16-22)19-11-10-17-18(23)9-7-13-21(17,19)3;1-9-5-3-6-11(10(9)2)7-4-8-12/h11-12,23-25,29-30H,1,5-10,13-19H2,2-4H3;17,19H,7-16H2,1-6H3;7-9H,2-6H2,1H3/b21-11-,22-12+;;11-7-/t23?,24-,25-,27-;17?,19-,21-;9-/m000/s1. The summed E-state index contributed by atoms with van der Waals surface area (Å²) in [5.74, 6) is 3.97. The molecule has 0 heterocycles. The molecule has 8 saturated carbocycles. The van der Waals surface area contributed by atoms with Gasteiger partial charge in [0.1, 0.15) is 12.1 Å². The summed E-state index contributed by atoms with van der Waals surface area (Å²) in [6.07, 6.45) is 39.8. The van der Waals surface area contributed by atoms with Crippen LogP contribution in [-0.4, -0.2) is 47.9 Å². The topological polar surface area (TPSA) is 83.8 Å². The van der Waals surface area contributed by atoms with Crippen LogP contribution in [0.3, 0.4) is 0 Å². The average Bonchev–Trinajstić information content (AvgIpc) is 4.13. The van der Waals surface area contributed by atoms with Gasteiger partial charge in [0.25, 0.3) is 0 Å². The summed E-state index contributed by atoms with van der Waals surface area (Å²) in [6.45, 7) is 30.8. The fraction of sp³-hybridized carbons (Fsp3) is 0.803. The third kappa shape index (κ3) is 13.6. The van der Waals surface area contributed by atoms with Crippen LogP contribution in [0, 0.1) is 51.2 Å². The van der Waals surface area contributed by atoms with Crippen LogP contribution >= 0.6 is 0 Å². The normalized spacial score (nSPS) is 35.3. The lowest BCUT2D eigenvalue weighted by molar-refractivity contribution is -0.130. The van der Waals surface area contributed by atoms with Crippen molar-refractivity contribution < 1.29 is 24.2 Å². The molecule has 378 valence electrons. The number of aldehydes is 1. The molecule has 0 radical (unpaired) electrons. The van der Waals surface area contributed by atoms with E-state index < -0.39 is 13.9 Å². The highest BCUT2D eigenvalue weighted by molar-refractivity contribution is 6.69. The maximum absolute atomic E-state index is 12.4. The van der Waals surface area contributed by atoms with Crippen molar-refractivity contribution in [2.24, 2.45) is 51.2 Å². The molecule has 0 aliphatic heterocycles. The first-order chi connectivity index (χ1) is 31.4. The Morgan fingerprint density at radius 2 is 1.25 bits per heavy atom. The molecule has 0 spiro atoms. The third-order valence-corrected chi connectivity index (χ3v) is 20.5. The molecule has 6 heteroatoms. The molecule has 0 saturated heterocycles. The van der Waals surface area contributed by atoms with Crippen molar-refractivity contribution in [2.45, 2.75) is 259 Å². The molecular formula is C61H100O5Si. The van der Waals surface area contributed by atoms with Crippen molar-refractivity contribution >= 4 is 20.4 Å². The minimum absolute atomic E-state index is 0.0173. The van der Waals surface area contributed by atoms with E-state index in [0.717, 1.165) is 74.6 Å². The lowest BCUT2D eigenvalue weighted by Crippen LogP contribution is -2.40. The molecule has 5 nitrogen and oxygen atoms in total. The van der Waals surface area contributed by atoms with E-state index in [1.54, 1.807) is 5.57 Å². The molecule has 0 aromatic carbocycles. The van der Waals surface area contributed by atoms with E-state index in [0.29, 0.717) is 45.7 Å². The highest BCUT2D eigenvalue weighted by atomic mass is 28.4. The Balaban J connectivity index is 0.000000180. The van der Waals surface area contributed by atoms with Crippen molar-refractivity contribution in [3.63, 3.8) is 0 Å². The number of carbonyl (C=O) groups excluding carboxylic acids is 2. The summed E-state index contributed by atoms with van der Waals surface area (Å²) in [6, 6.07) is 0. The maximum Gasteiger partial charge on any atom is 0.184 e. The molecule has 2 N–H and O–H groups in total. The Morgan fingerprint density at radius 3 is 1.84 bits per heavy atom. The summed E-state index contributed by atoms with van der Waals surface area (Å²) in [5, 5.41) is 20.3. The summed E-state index contributed by atoms with van der Waals surface area (Å²) in [7, 11) is -1.48. The van der Waals surface area contributed by atoms with E-state index in [-0.39, 0.29) is 11.7 Å². The van der Waals surface area contributed by atoms with Crippen LogP contribution in [0.1, 0.15) is 222 Å². The van der Waals surface area contributed by atoms with Crippen LogP contribution < -0.4 is 0 Å². The van der Waals surface area contributed by atoms with E-state index >= 15 is 0 Å². The van der Waals surface area contributed by atoms with Crippen molar-refractivity contribution in [2.75, 3.05) is 0 Å². The zero-order valence-corrected chi connectivity index (χ0v) is 45.9. The van der Waals surface area contributed by atoms with Gasteiger partial charge in [0.05, 0.1) is 17.3 Å². The lowest BCUT2D eigenvalue weighted by atomic mass is 9.59. The zero-order valence-electron chi connectivity index (χ0n) is 44.9. The van der Waals surface area contributed by atoms with Crippen molar-refractivity contribution in [1.82, 2.24) is 0 Å². The van der Waals surface area contributed by atoms with Gasteiger partial charge in [-0.2, -0.15) is 0 Å². The highest BCUT2D eigenvalue weighted by Gasteiger charge is 2.62. The molecular weight excluding hydrogens is 841 g/mol. The number of ketones is 1. The summed E-state index contributed by atoms with van der Waals surface area (Å²) in [4.78, 5) is 22.6. The Bertz CT molecular complexity index is 1840. The number of hydrogen-bond acceptors (Lipinski definition) is 5. The second-order valence-electron chi connectivity index (χ2n) is 26.6. The van der Waals surface area contributed by atoms with Crippen LogP contribution in [0.25, 0.3) is 0 Å². The van der Waals surface area contributed by atoms with Gasteiger partial charge in [-0.3, -0.25) is 4.79 Å². The zero-order chi connectivity index (χ0) is 49.1. The maximum atomic E-state index is 12.4. The van der Waals surface area contributed by atoms with Gasteiger partial charge >= 0.3 is 0 Å².